The molecule has 2 saturated carbocycles. The SMILES string of the molecule is O=C(CN1C(=O)C2C3CC(C2C1=O)C1C3Sc2[nH]c(=O)sc2[C@@H]1c1ccc(Br)cc1)Nc1ccc(F)cc1. The van der Waals surface area contributed by atoms with Crippen molar-refractivity contribution >= 4 is 62.4 Å². The minimum atomic E-state index is -0.495. The molecule has 3 aromatic rings. The number of benzene rings is 2. The van der Waals surface area contributed by atoms with Crippen LogP contribution in [0.3, 0.4) is 0 Å². The van der Waals surface area contributed by atoms with Gasteiger partial charge < -0.3 is 10.3 Å². The van der Waals surface area contributed by atoms with E-state index in [9.17, 15) is 23.6 Å². The van der Waals surface area contributed by atoms with Crippen LogP contribution in [0.25, 0.3) is 0 Å². The first kappa shape index (κ1) is 24.3. The highest BCUT2D eigenvalue weighted by molar-refractivity contribution is 9.10. The first-order chi connectivity index (χ1) is 18.3. The zero-order chi connectivity index (χ0) is 26.3. The van der Waals surface area contributed by atoms with Crippen LogP contribution >= 0.6 is 39.0 Å². The van der Waals surface area contributed by atoms with Gasteiger partial charge in [-0.25, -0.2) is 4.39 Å². The normalized spacial score (nSPS) is 30.8. The summed E-state index contributed by atoms with van der Waals surface area (Å²) < 4.78 is 14.2. The van der Waals surface area contributed by atoms with Crippen molar-refractivity contribution in [1.29, 1.82) is 0 Å². The number of nitrogens with zero attached hydrogens (tertiary/aromatic N) is 1. The van der Waals surface area contributed by atoms with E-state index in [-0.39, 0.29) is 52.2 Å². The maximum Gasteiger partial charge on any atom is 0.305 e. The molecule has 3 fully saturated rings. The number of halogens is 2. The Morgan fingerprint density at radius 3 is 2.42 bits per heavy atom. The fourth-order valence-corrected chi connectivity index (χ4v) is 10.3. The number of imide groups is 1. The fourth-order valence-electron chi connectivity index (χ4n) is 7.16. The zero-order valence-electron chi connectivity index (χ0n) is 19.7. The maximum atomic E-state index is 13.6. The molecule has 1 saturated heterocycles. The molecule has 0 radical (unpaired) electrons. The summed E-state index contributed by atoms with van der Waals surface area (Å²) >= 11 is 6.37. The molecule has 11 heteroatoms. The Labute approximate surface area is 233 Å². The lowest BCUT2D eigenvalue weighted by Gasteiger charge is -2.43. The quantitative estimate of drug-likeness (QED) is 0.424. The summed E-state index contributed by atoms with van der Waals surface area (Å²) in [5.74, 6) is -2.34. The number of amides is 3. The third-order valence-electron chi connectivity index (χ3n) is 8.47. The second-order valence-corrected chi connectivity index (χ2v) is 13.4. The molecule has 7 atom stereocenters. The lowest BCUT2D eigenvalue weighted by molar-refractivity contribution is -0.143. The lowest BCUT2D eigenvalue weighted by atomic mass is 9.68. The number of rotatable bonds is 4. The Hall–Kier alpha value is -2.76. The summed E-state index contributed by atoms with van der Waals surface area (Å²) in [4.78, 5) is 57.3. The minimum Gasteiger partial charge on any atom is -0.325 e. The van der Waals surface area contributed by atoms with E-state index in [1.807, 2.05) is 12.1 Å². The number of carbonyl (C=O) groups excluding carboxylic acids is 3. The molecule has 0 spiro atoms. The molecule has 194 valence electrons. The topological polar surface area (TPSA) is 99.3 Å². The molecule has 7 rings (SSSR count). The number of H-pyrrole nitrogens is 1. The van der Waals surface area contributed by atoms with Crippen molar-refractivity contribution in [2.75, 3.05) is 11.9 Å². The van der Waals surface area contributed by atoms with Crippen LogP contribution in [0.2, 0.25) is 0 Å². The Morgan fingerprint density at radius 1 is 1.03 bits per heavy atom. The minimum absolute atomic E-state index is 0.00360. The van der Waals surface area contributed by atoms with Crippen molar-refractivity contribution in [3.05, 3.63) is 78.9 Å². The molecule has 2 bridgehead atoms. The number of thiazole rings is 1. The summed E-state index contributed by atoms with van der Waals surface area (Å²) in [6.45, 7) is -0.360. The van der Waals surface area contributed by atoms with Crippen LogP contribution in [0.15, 0.2) is 62.8 Å². The molecule has 3 amide bonds. The van der Waals surface area contributed by atoms with Crippen LogP contribution in [-0.4, -0.2) is 39.4 Å². The predicted octanol–water partition coefficient (Wildman–Crippen LogP) is 4.45. The fraction of sp³-hybridized carbons (Fsp3) is 0.333. The molecule has 38 heavy (non-hydrogen) atoms. The van der Waals surface area contributed by atoms with Crippen molar-refractivity contribution in [3.63, 3.8) is 0 Å². The number of carbonyl (C=O) groups is 3. The van der Waals surface area contributed by atoms with E-state index in [2.05, 4.69) is 38.4 Å². The van der Waals surface area contributed by atoms with Gasteiger partial charge in [-0.1, -0.05) is 39.4 Å². The van der Waals surface area contributed by atoms with E-state index in [0.29, 0.717) is 5.69 Å². The zero-order valence-corrected chi connectivity index (χ0v) is 22.9. The second-order valence-electron chi connectivity index (χ2n) is 10.3. The van der Waals surface area contributed by atoms with Crippen LogP contribution < -0.4 is 10.2 Å². The smallest absolute Gasteiger partial charge is 0.305 e. The standard InChI is InChI=1S/C27H21BrFN3O4S2/c28-12-3-1-11(2-4-12)18-19-15-9-16(22(19)37-24-23(18)38-27(36)31-24)21-20(15)25(34)32(26(21)35)10-17(33)30-14-7-5-13(29)6-8-14/h1-8,15-16,18-22H,9-10H2,(H,30,33)(H,31,36)/t15?,16?,18-,19?,20?,21?,22?/m1/s1. The molecular weight excluding hydrogens is 593 g/mol. The Bertz CT molecular complexity index is 1540. The molecule has 2 N–H and O–H groups in total. The van der Waals surface area contributed by atoms with E-state index in [1.54, 1.807) is 11.8 Å². The van der Waals surface area contributed by atoms with Crippen molar-refractivity contribution < 1.29 is 18.8 Å². The van der Waals surface area contributed by atoms with Crippen LogP contribution in [0.1, 0.15) is 22.8 Å². The summed E-state index contributed by atoms with van der Waals surface area (Å²) in [6, 6.07) is 13.4. The molecule has 7 nitrogen and oxygen atoms in total. The summed E-state index contributed by atoms with van der Waals surface area (Å²) in [7, 11) is 0. The highest BCUT2D eigenvalue weighted by Crippen LogP contribution is 2.68. The lowest BCUT2D eigenvalue weighted by Crippen LogP contribution is -2.42. The Kier molecular flexibility index (Phi) is 5.68. The van der Waals surface area contributed by atoms with Crippen LogP contribution in [0.5, 0.6) is 0 Å². The number of hydrogen-bond acceptors (Lipinski definition) is 6. The van der Waals surface area contributed by atoms with Gasteiger partial charge in [0.25, 0.3) is 0 Å². The Balaban J connectivity index is 1.19. The summed E-state index contributed by atoms with van der Waals surface area (Å²) in [6.07, 6.45) is 0.789. The molecule has 3 heterocycles. The third kappa shape index (κ3) is 3.65. The van der Waals surface area contributed by atoms with Crippen molar-refractivity contribution in [2.24, 2.45) is 29.6 Å². The van der Waals surface area contributed by atoms with Gasteiger partial charge in [0.05, 0.1) is 16.9 Å². The van der Waals surface area contributed by atoms with Gasteiger partial charge >= 0.3 is 4.87 Å². The van der Waals surface area contributed by atoms with E-state index in [1.165, 1.54) is 35.6 Å². The largest absolute Gasteiger partial charge is 0.325 e. The predicted molar refractivity (Wildman–Crippen MR) is 144 cm³/mol. The molecule has 2 aliphatic carbocycles. The van der Waals surface area contributed by atoms with Crippen molar-refractivity contribution in [2.45, 2.75) is 22.6 Å². The van der Waals surface area contributed by atoms with Crippen LogP contribution in [0, 0.1) is 35.4 Å². The van der Waals surface area contributed by atoms with Gasteiger partial charge in [-0.05, 0) is 66.1 Å². The number of fused-ring (bicyclic) bond motifs is 9. The van der Waals surface area contributed by atoms with Crippen molar-refractivity contribution in [3.8, 4) is 0 Å². The van der Waals surface area contributed by atoms with E-state index in [4.69, 9.17) is 0 Å². The molecule has 6 unspecified atom stereocenters. The van der Waals surface area contributed by atoms with E-state index < -0.39 is 23.6 Å². The molecule has 2 aromatic carbocycles. The number of anilines is 1. The van der Waals surface area contributed by atoms with Crippen molar-refractivity contribution in [1.82, 2.24) is 9.88 Å². The molecular formula is C27H21BrFN3O4S2. The highest BCUT2D eigenvalue weighted by atomic mass is 79.9. The first-order valence-corrected chi connectivity index (χ1v) is 14.8. The number of likely N-dealkylation sites (tertiary alicyclic amines) is 1. The first-order valence-electron chi connectivity index (χ1n) is 12.4. The summed E-state index contributed by atoms with van der Waals surface area (Å²) in [5.41, 5.74) is 1.49. The molecule has 2 aliphatic heterocycles. The number of thioether (sulfide) groups is 1. The number of hydrogen-bond donors (Lipinski definition) is 2. The molecule has 4 aliphatic rings. The van der Waals surface area contributed by atoms with Gasteiger partial charge in [-0.15, -0.1) is 11.8 Å². The Morgan fingerprint density at radius 2 is 1.71 bits per heavy atom. The van der Waals surface area contributed by atoms with E-state index in [0.717, 1.165) is 31.3 Å². The van der Waals surface area contributed by atoms with Gasteiger partial charge in [0.1, 0.15) is 12.4 Å². The second kappa shape index (κ2) is 8.89. The van der Waals surface area contributed by atoms with Crippen LogP contribution in [0.4, 0.5) is 10.1 Å². The molecule has 1 aromatic heterocycles. The maximum absolute atomic E-state index is 13.6. The van der Waals surface area contributed by atoms with Gasteiger partial charge in [0, 0.05) is 26.2 Å². The third-order valence-corrected chi connectivity index (χ3v) is 11.6. The van der Waals surface area contributed by atoms with Crippen LogP contribution in [-0.2, 0) is 14.4 Å². The number of nitrogens with one attached hydrogen (secondary N) is 2. The monoisotopic (exact) mass is 613 g/mol. The average molecular weight is 615 g/mol. The summed E-state index contributed by atoms with van der Waals surface area (Å²) in [5, 5.41) is 3.61. The van der Waals surface area contributed by atoms with Gasteiger partial charge in [0.15, 0.2) is 0 Å². The highest BCUT2D eigenvalue weighted by Gasteiger charge is 2.69. The average Bonchev–Trinajstić information content (AvgIpc) is 3.62. The van der Waals surface area contributed by atoms with Gasteiger partial charge in [-0.2, -0.15) is 0 Å². The van der Waals surface area contributed by atoms with Gasteiger partial charge in [-0.3, -0.25) is 24.1 Å². The van der Waals surface area contributed by atoms with Gasteiger partial charge in [0.2, 0.25) is 17.7 Å². The number of aromatic nitrogens is 1. The van der Waals surface area contributed by atoms with E-state index >= 15 is 0 Å². The number of aromatic amines is 1.